The fourth-order valence-corrected chi connectivity index (χ4v) is 4.95. The lowest BCUT2D eigenvalue weighted by Gasteiger charge is -2.18. The predicted molar refractivity (Wildman–Crippen MR) is 118 cm³/mol. The van der Waals surface area contributed by atoms with E-state index in [9.17, 15) is 14.5 Å². The maximum absolute atomic E-state index is 13.4. The lowest BCUT2D eigenvalue weighted by atomic mass is 10.1. The van der Waals surface area contributed by atoms with Gasteiger partial charge in [0.15, 0.2) is 16.7 Å². The van der Waals surface area contributed by atoms with Crippen molar-refractivity contribution in [2.45, 2.75) is 24.3 Å². The number of halogens is 2. The van der Waals surface area contributed by atoms with Crippen LogP contribution < -0.4 is 9.47 Å². The van der Waals surface area contributed by atoms with Gasteiger partial charge in [0.2, 0.25) is 6.54 Å². The molecule has 8 nitrogen and oxygen atoms in total. The van der Waals surface area contributed by atoms with Gasteiger partial charge in [0.05, 0.1) is 13.7 Å². The van der Waals surface area contributed by atoms with Crippen LogP contribution in [0.2, 0.25) is 0 Å². The monoisotopic (exact) mass is 510 g/mol. The van der Waals surface area contributed by atoms with Gasteiger partial charge in [0.1, 0.15) is 16.9 Å². The van der Waals surface area contributed by atoms with E-state index in [0.29, 0.717) is 44.8 Å². The molecule has 0 N–H and O–H groups in total. The number of aromatic nitrogens is 3. The van der Waals surface area contributed by atoms with Crippen LogP contribution in [0, 0.1) is 22.9 Å². The molecule has 0 unspecified atom stereocenters. The first-order valence-corrected chi connectivity index (χ1v) is 11.0. The lowest BCUT2D eigenvalue weighted by molar-refractivity contribution is -0.479. The minimum atomic E-state index is -0.600. The molecule has 2 aromatic carbocycles. The molecule has 0 saturated carbocycles. The third-order valence-corrected chi connectivity index (χ3v) is 6.22. The Hall–Kier alpha value is -2.66. The first-order valence-electron chi connectivity index (χ1n) is 9.30. The molecule has 0 aliphatic carbocycles. The van der Waals surface area contributed by atoms with E-state index in [-0.39, 0.29) is 17.3 Å². The molecule has 3 rings (SSSR count). The molecule has 0 aliphatic rings. The van der Waals surface area contributed by atoms with Crippen molar-refractivity contribution in [1.82, 2.24) is 14.8 Å². The van der Waals surface area contributed by atoms with Crippen LogP contribution in [0.3, 0.4) is 0 Å². The van der Waals surface area contributed by atoms with Crippen LogP contribution in [-0.2, 0) is 0 Å². The first kappa shape index (κ1) is 23.0. The minimum Gasteiger partial charge on any atom is -0.493 e. The number of nitro groups is 1. The van der Waals surface area contributed by atoms with Crippen LogP contribution >= 0.6 is 27.7 Å². The van der Waals surface area contributed by atoms with Crippen molar-refractivity contribution < 1.29 is 18.8 Å². The third-order valence-electron chi connectivity index (χ3n) is 4.37. The number of hydrogen-bond donors (Lipinski definition) is 0. The number of thioether (sulfide) groups is 1. The van der Waals surface area contributed by atoms with E-state index in [0.717, 1.165) is 0 Å². The number of rotatable bonds is 9. The zero-order chi connectivity index (χ0) is 22.5. The molecule has 0 spiro atoms. The molecule has 0 amide bonds. The summed E-state index contributed by atoms with van der Waals surface area (Å²) in [5.74, 6) is 1.24. The maximum Gasteiger partial charge on any atom is 0.220 e. The van der Waals surface area contributed by atoms with E-state index in [1.807, 2.05) is 6.92 Å². The van der Waals surface area contributed by atoms with Crippen LogP contribution in [-0.4, -0.2) is 39.9 Å². The molecular formula is C20H20BrFN4O4S. The van der Waals surface area contributed by atoms with E-state index >= 15 is 0 Å². The Labute approximate surface area is 191 Å². The smallest absolute Gasteiger partial charge is 0.220 e. The van der Waals surface area contributed by atoms with Gasteiger partial charge in [0.25, 0.3) is 0 Å². The highest BCUT2D eigenvalue weighted by Crippen LogP contribution is 2.43. The summed E-state index contributed by atoms with van der Waals surface area (Å²) >= 11 is 4.70. The van der Waals surface area contributed by atoms with Crippen LogP contribution in [0.25, 0.3) is 5.69 Å². The van der Waals surface area contributed by atoms with Crippen LogP contribution in [0.1, 0.15) is 23.6 Å². The topological polar surface area (TPSA) is 92.3 Å². The summed E-state index contributed by atoms with van der Waals surface area (Å²) in [6, 6.07) is 9.35. The number of benzene rings is 2. The van der Waals surface area contributed by atoms with Gasteiger partial charge in [-0.05, 0) is 55.8 Å². The quantitative estimate of drug-likeness (QED) is 0.227. The molecular weight excluding hydrogens is 491 g/mol. The average Bonchev–Trinajstić information content (AvgIpc) is 3.09. The molecule has 31 heavy (non-hydrogen) atoms. The van der Waals surface area contributed by atoms with Crippen molar-refractivity contribution in [2.24, 2.45) is 0 Å². The van der Waals surface area contributed by atoms with Gasteiger partial charge in [-0.2, -0.15) is 0 Å². The molecule has 0 bridgehead atoms. The van der Waals surface area contributed by atoms with Crippen LogP contribution in [0.4, 0.5) is 4.39 Å². The number of ether oxygens (including phenoxy) is 2. The van der Waals surface area contributed by atoms with Gasteiger partial charge in [-0.1, -0.05) is 27.7 Å². The molecule has 0 aliphatic heterocycles. The van der Waals surface area contributed by atoms with Crippen molar-refractivity contribution in [1.29, 1.82) is 0 Å². The number of hydrogen-bond acceptors (Lipinski definition) is 7. The van der Waals surface area contributed by atoms with Crippen molar-refractivity contribution in [2.75, 3.05) is 20.3 Å². The molecule has 1 aromatic heterocycles. The number of methoxy groups -OCH3 is 1. The van der Waals surface area contributed by atoms with Crippen molar-refractivity contribution in [3.05, 3.63) is 68.2 Å². The molecule has 164 valence electrons. The lowest BCUT2D eigenvalue weighted by Crippen LogP contribution is -2.12. The van der Waals surface area contributed by atoms with Gasteiger partial charge in [0, 0.05) is 15.1 Å². The zero-order valence-electron chi connectivity index (χ0n) is 17.0. The highest BCUT2D eigenvalue weighted by molar-refractivity contribution is 9.10. The van der Waals surface area contributed by atoms with E-state index in [1.165, 1.54) is 31.0 Å². The standard InChI is InChI=1S/C20H20BrFN4O4S/c1-4-30-18-9-15(16(21)10-17(18)29-3)19(11-25(27)28)31-20-24-23-12(2)26(20)14-7-5-13(22)6-8-14/h5-10,19H,4,11H2,1-3H3/t19-/m1/s1. The van der Waals surface area contributed by atoms with E-state index in [2.05, 4.69) is 26.1 Å². The third kappa shape index (κ3) is 5.34. The summed E-state index contributed by atoms with van der Waals surface area (Å²) in [7, 11) is 1.53. The number of nitrogens with zero attached hydrogens (tertiary/aromatic N) is 4. The Kier molecular flexibility index (Phi) is 7.50. The van der Waals surface area contributed by atoms with Crippen molar-refractivity contribution in [3.8, 4) is 17.2 Å². The fraction of sp³-hybridized carbons (Fsp3) is 0.300. The number of aryl methyl sites for hydroxylation is 1. The van der Waals surface area contributed by atoms with Gasteiger partial charge in [-0.3, -0.25) is 14.7 Å². The van der Waals surface area contributed by atoms with Gasteiger partial charge in [-0.25, -0.2) is 4.39 Å². The summed E-state index contributed by atoms with van der Waals surface area (Å²) < 4.78 is 26.7. The Balaban J connectivity index is 2.04. The highest BCUT2D eigenvalue weighted by Gasteiger charge is 2.27. The molecule has 1 heterocycles. The average molecular weight is 511 g/mol. The molecule has 0 fully saturated rings. The zero-order valence-corrected chi connectivity index (χ0v) is 19.4. The summed E-state index contributed by atoms with van der Waals surface area (Å²) in [6.07, 6.45) is 0. The van der Waals surface area contributed by atoms with Gasteiger partial charge in [-0.15, -0.1) is 10.2 Å². The minimum absolute atomic E-state index is 0.351. The normalized spacial score (nSPS) is 11.9. The Morgan fingerprint density at radius 1 is 1.26 bits per heavy atom. The van der Waals surface area contributed by atoms with Crippen LogP contribution in [0.5, 0.6) is 11.5 Å². The van der Waals surface area contributed by atoms with E-state index in [4.69, 9.17) is 9.47 Å². The van der Waals surface area contributed by atoms with Crippen LogP contribution in [0.15, 0.2) is 46.0 Å². The second kappa shape index (κ2) is 10.1. The van der Waals surface area contributed by atoms with E-state index < -0.39 is 5.25 Å². The largest absolute Gasteiger partial charge is 0.493 e. The molecule has 3 aromatic rings. The van der Waals surface area contributed by atoms with Gasteiger partial charge >= 0.3 is 0 Å². The fourth-order valence-electron chi connectivity index (χ4n) is 2.99. The molecule has 0 saturated heterocycles. The van der Waals surface area contributed by atoms with Gasteiger partial charge < -0.3 is 9.47 Å². The Morgan fingerprint density at radius 3 is 2.58 bits per heavy atom. The first-order chi connectivity index (χ1) is 14.8. The highest BCUT2D eigenvalue weighted by atomic mass is 79.9. The summed E-state index contributed by atoms with van der Waals surface area (Å²) in [5, 5.41) is 19.6. The van der Waals surface area contributed by atoms with E-state index in [1.54, 1.807) is 35.8 Å². The molecule has 11 heteroatoms. The Morgan fingerprint density at radius 2 is 1.97 bits per heavy atom. The summed E-state index contributed by atoms with van der Waals surface area (Å²) in [4.78, 5) is 11.1. The second-order valence-corrected chi connectivity index (χ2v) is 8.45. The SMILES string of the molecule is CCOc1cc([C@@H](C[N+](=O)[O-])Sc2nnc(C)n2-c2ccc(F)cc2)c(Br)cc1OC. The maximum atomic E-state index is 13.4. The molecule has 1 atom stereocenters. The van der Waals surface area contributed by atoms with Crippen molar-refractivity contribution >= 4 is 27.7 Å². The Bertz CT molecular complexity index is 1080. The van der Waals surface area contributed by atoms with Crippen molar-refractivity contribution in [3.63, 3.8) is 0 Å². The molecule has 0 radical (unpaired) electrons. The predicted octanol–water partition coefficient (Wildman–Crippen LogP) is 4.99. The summed E-state index contributed by atoms with van der Waals surface area (Å²) in [6.45, 7) is 3.68. The summed E-state index contributed by atoms with van der Waals surface area (Å²) in [5.41, 5.74) is 1.33. The second-order valence-electron chi connectivity index (χ2n) is 6.42.